The summed E-state index contributed by atoms with van der Waals surface area (Å²) in [5.74, 6) is 0.856. The zero-order valence-corrected chi connectivity index (χ0v) is 15.4. The van der Waals surface area contributed by atoms with Crippen molar-refractivity contribution in [2.24, 2.45) is 7.05 Å². The molecule has 0 aliphatic carbocycles. The van der Waals surface area contributed by atoms with Gasteiger partial charge in [0, 0.05) is 25.9 Å². The first-order valence-corrected chi connectivity index (χ1v) is 8.84. The third-order valence-corrected chi connectivity index (χ3v) is 4.82. The summed E-state index contributed by atoms with van der Waals surface area (Å²) in [5, 5.41) is 9.23. The molecule has 3 heterocycles. The Kier molecular flexibility index (Phi) is 5.41. The number of hydrogen-bond donors (Lipinski definition) is 2. The molecule has 0 saturated carbocycles. The molecule has 1 fully saturated rings. The highest BCUT2D eigenvalue weighted by Crippen LogP contribution is 2.31. The van der Waals surface area contributed by atoms with E-state index in [1.165, 1.54) is 0 Å². The normalized spacial score (nSPS) is 17.9. The number of nitrogens with zero attached hydrogens (tertiary/aromatic N) is 3. The van der Waals surface area contributed by atoms with Crippen LogP contribution in [0.5, 0.6) is 0 Å². The van der Waals surface area contributed by atoms with Gasteiger partial charge in [0.1, 0.15) is 11.5 Å². The average molecular weight is 359 g/mol. The second kappa shape index (κ2) is 7.74. The molecule has 1 saturated heterocycles. The standard InChI is InChI=1S/C18H25N5O3/c1-12-10-16(21-26-12)20-17(24)11-23-9-5-4-6-14(23)13-7-8-15(22(13)3)18(25)19-2/h7-8,10,14H,4-6,9,11H2,1-3H3,(H,19,25)(H,20,21,24)/t14-/m1/s1. The number of amides is 2. The van der Waals surface area contributed by atoms with Crippen LogP contribution >= 0.6 is 0 Å². The van der Waals surface area contributed by atoms with Crippen molar-refractivity contribution in [1.82, 2.24) is 19.9 Å². The molecule has 2 aromatic rings. The highest BCUT2D eigenvalue weighted by atomic mass is 16.5. The molecule has 8 nitrogen and oxygen atoms in total. The smallest absolute Gasteiger partial charge is 0.267 e. The Bertz CT molecular complexity index is 795. The van der Waals surface area contributed by atoms with E-state index in [4.69, 9.17) is 4.52 Å². The maximum absolute atomic E-state index is 12.4. The van der Waals surface area contributed by atoms with Gasteiger partial charge >= 0.3 is 0 Å². The molecule has 2 amide bonds. The lowest BCUT2D eigenvalue weighted by Gasteiger charge is -2.35. The molecule has 26 heavy (non-hydrogen) atoms. The number of hydrogen-bond acceptors (Lipinski definition) is 5. The Labute approximate surface area is 152 Å². The minimum absolute atomic E-state index is 0.108. The fraction of sp³-hybridized carbons (Fsp3) is 0.500. The zero-order valence-electron chi connectivity index (χ0n) is 15.4. The zero-order chi connectivity index (χ0) is 18.7. The van der Waals surface area contributed by atoms with Crippen molar-refractivity contribution in [2.75, 3.05) is 25.5 Å². The minimum atomic E-state index is -0.120. The van der Waals surface area contributed by atoms with E-state index in [1.54, 1.807) is 20.0 Å². The van der Waals surface area contributed by atoms with E-state index in [9.17, 15) is 9.59 Å². The molecular formula is C18H25N5O3. The van der Waals surface area contributed by atoms with Crippen LogP contribution in [0.1, 0.15) is 47.2 Å². The molecule has 3 rings (SSSR count). The molecule has 1 aliphatic heterocycles. The van der Waals surface area contributed by atoms with Gasteiger partial charge in [-0.05, 0) is 38.4 Å². The van der Waals surface area contributed by atoms with Gasteiger partial charge in [0.15, 0.2) is 5.82 Å². The fourth-order valence-corrected chi connectivity index (χ4v) is 3.53. The number of aryl methyl sites for hydroxylation is 1. The topological polar surface area (TPSA) is 92.4 Å². The highest BCUT2D eigenvalue weighted by Gasteiger charge is 2.28. The van der Waals surface area contributed by atoms with Crippen LogP contribution in [0.2, 0.25) is 0 Å². The van der Waals surface area contributed by atoms with Crippen molar-refractivity contribution in [2.45, 2.75) is 32.2 Å². The molecule has 1 atom stereocenters. The lowest BCUT2D eigenvalue weighted by Crippen LogP contribution is -2.40. The monoisotopic (exact) mass is 359 g/mol. The first-order valence-electron chi connectivity index (χ1n) is 8.84. The molecule has 0 unspecified atom stereocenters. The summed E-state index contributed by atoms with van der Waals surface area (Å²) in [6.45, 7) is 2.90. The quantitative estimate of drug-likeness (QED) is 0.850. The minimum Gasteiger partial charge on any atom is -0.360 e. The van der Waals surface area contributed by atoms with Crippen LogP contribution in [0.15, 0.2) is 22.7 Å². The van der Waals surface area contributed by atoms with Crippen LogP contribution in [-0.2, 0) is 11.8 Å². The van der Waals surface area contributed by atoms with Crippen LogP contribution in [0.25, 0.3) is 0 Å². The van der Waals surface area contributed by atoms with Crippen molar-refractivity contribution >= 4 is 17.6 Å². The molecular weight excluding hydrogens is 334 g/mol. The van der Waals surface area contributed by atoms with Crippen LogP contribution in [-0.4, -0.2) is 46.6 Å². The van der Waals surface area contributed by atoms with Gasteiger partial charge in [0.25, 0.3) is 5.91 Å². The Morgan fingerprint density at radius 2 is 2.15 bits per heavy atom. The third kappa shape index (κ3) is 3.80. The van der Waals surface area contributed by atoms with Gasteiger partial charge in [-0.25, -0.2) is 0 Å². The third-order valence-electron chi connectivity index (χ3n) is 4.82. The molecule has 2 aromatic heterocycles. The summed E-state index contributed by atoms with van der Waals surface area (Å²) in [4.78, 5) is 26.5. The van der Waals surface area contributed by atoms with Gasteiger partial charge in [0.2, 0.25) is 5.91 Å². The van der Waals surface area contributed by atoms with Gasteiger partial charge in [-0.2, -0.15) is 0 Å². The molecule has 0 aromatic carbocycles. The number of piperidine rings is 1. The van der Waals surface area contributed by atoms with Crippen molar-refractivity contribution < 1.29 is 14.1 Å². The van der Waals surface area contributed by atoms with Crippen molar-refractivity contribution in [3.8, 4) is 0 Å². The second-order valence-electron chi connectivity index (χ2n) is 6.63. The lowest BCUT2D eigenvalue weighted by molar-refractivity contribution is -0.118. The van der Waals surface area contributed by atoms with E-state index in [1.807, 2.05) is 23.7 Å². The fourth-order valence-electron chi connectivity index (χ4n) is 3.53. The highest BCUT2D eigenvalue weighted by molar-refractivity contribution is 5.93. The van der Waals surface area contributed by atoms with Crippen LogP contribution in [0.3, 0.4) is 0 Å². The van der Waals surface area contributed by atoms with Crippen LogP contribution in [0.4, 0.5) is 5.82 Å². The molecule has 2 N–H and O–H groups in total. The van der Waals surface area contributed by atoms with Crippen LogP contribution < -0.4 is 10.6 Å². The molecule has 1 aliphatic rings. The van der Waals surface area contributed by atoms with E-state index in [2.05, 4.69) is 20.7 Å². The van der Waals surface area contributed by atoms with E-state index >= 15 is 0 Å². The number of anilines is 1. The van der Waals surface area contributed by atoms with Crippen molar-refractivity contribution in [3.05, 3.63) is 35.3 Å². The number of rotatable bonds is 5. The summed E-state index contributed by atoms with van der Waals surface area (Å²) in [5.41, 5.74) is 1.67. The number of carbonyl (C=O) groups is 2. The Hall–Kier alpha value is -2.61. The van der Waals surface area contributed by atoms with E-state index in [0.717, 1.165) is 31.5 Å². The predicted molar refractivity (Wildman–Crippen MR) is 96.8 cm³/mol. The molecule has 0 bridgehead atoms. The SMILES string of the molecule is CNC(=O)c1ccc([C@H]2CCCCN2CC(=O)Nc2cc(C)on2)n1C. The maximum Gasteiger partial charge on any atom is 0.267 e. The maximum atomic E-state index is 12.4. The van der Waals surface area contributed by atoms with E-state index < -0.39 is 0 Å². The summed E-state index contributed by atoms with van der Waals surface area (Å²) in [6.07, 6.45) is 3.12. The van der Waals surface area contributed by atoms with E-state index in [0.29, 0.717) is 17.3 Å². The first kappa shape index (κ1) is 18.2. The largest absolute Gasteiger partial charge is 0.360 e. The summed E-state index contributed by atoms with van der Waals surface area (Å²) in [7, 11) is 3.52. The summed E-state index contributed by atoms with van der Waals surface area (Å²) < 4.78 is 6.90. The average Bonchev–Trinajstić information content (AvgIpc) is 3.20. The number of carbonyl (C=O) groups excluding carboxylic acids is 2. The van der Waals surface area contributed by atoms with Gasteiger partial charge in [-0.1, -0.05) is 11.6 Å². The van der Waals surface area contributed by atoms with E-state index in [-0.39, 0.29) is 24.4 Å². The number of aromatic nitrogens is 2. The summed E-state index contributed by atoms with van der Waals surface area (Å²) >= 11 is 0. The Morgan fingerprint density at radius 1 is 1.35 bits per heavy atom. The van der Waals surface area contributed by atoms with Crippen molar-refractivity contribution in [1.29, 1.82) is 0 Å². The first-order chi connectivity index (χ1) is 12.5. The lowest BCUT2D eigenvalue weighted by atomic mass is 9.99. The van der Waals surface area contributed by atoms with Gasteiger partial charge in [-0.15, -0.1) is 0 Å². The van der Waals surface area contributed by atoms with Crippen LogP contribution in [0, 0.1) is 6.92 Å². The Morgan fingerprint density at radius 3 is 2.85 bits per heavy atom. The number of likely N-dealkylation sites (tertiary alicyclic amines) is 1. The molecule has 0 spiro atoms. The molecule has 140 valence electrons. The molecule has 8 heteroatoms. The predicted octanol–water partition coefficient (Wildman–Crippen LogP) is 1.85. The Balaban J connectivity index is 1.73. The second-order valence-corrected chi connectivity index (χ2v) is 6.63. The van der Waals surface area contributed by atoms with Gasteiger partial charge in [-0.3, -0.25) is 14.5 Å². The van der Waals surface area contributed by atoms with Crippen molar-refractivity contribution in [3.63, 3.8) is 0 Å². The summed E-state index contributed by atoms with van der Waals surface area (Å²) in [6, 6.07) is 5.61. The van der Waals surface area contributed by atoms with Gasteiger partial charge in [0.05, 0.1) is 12.6 Å². The van der Waals surface area contributed by atoms with Gasteiger partial charge < -0.3 is 19.7 Å². The molecule has 0 radical (unpaired) electrons. The number of nitrogens with one attached hydrogen (secondary N) is 2.